The Morgan fingerprint density at radius 3 is 2.59 bits per heavy atom. The maximum Gasteiger partial charge on any atom is 0.150 e. The Kier molecular flexibility index (Phi) is 3.78. The van der Waals surface area contributed by atoms with Crippen LogP contribution >= 0.6 is 0 Å². The van der Waals surface area contributed by atoms with Gasteiger partial charge in [-0.2, -0.15) is 0 Å². The number of nitrogens with zero attached hydrogens (tertiary/aromatic N) is 3. The third kappa shape index (κ3) is 2.81. The van der Waals surface area contributed by atoms with Crippen LogP contribution in [0.1, 0.15) is 31.0 Å². The second-order valence-electron chi connectivity index (χ2n) is 7.05. The van der Waals surface area contributed by atoms with Gasteiger partial charge in [-0.15, -0.1) is 0 Å². The molecule has 2 heterocycles. The fourth-order valence-corrected chi connectivity index (χ4v) is 3.68. The second kappa shape index (κ2) is 6.43. The SMILES string of the molecule is Nc1nccn2c(C3CCC3)nc(-c3cccc(Nc4ccccc4)c3)c12. The quantitative estimate of drug-likeness (QED) is 0.541. The van der Waals surface area contributed by atoms with E-state index in [2.05, 4.69) is 45.0 Å². The number of nitrogen functional groups attached to an aromatic ring is 1. The molecule has 2 aromatic carbocycles. The van der Waals surface area contributed by atoms with Gasteiger partial charge in [0.1, 0.15) is 22.9 Å². The first kappa shape index (κ1) is 15.9. The van der Waals surface area contributed by atoms with E-state index in [1.165, 1.54) is 19.3 Å². The van der Waals surface area contributed by atoms with Gasteiger partial charge in [0.15, 0.2) is 0 Å². The number of anilines is 3. The Hall–Kier alpha value is -3.34. The Bertz CT molecular complexity index is 1100. The average Bonchev–Trinajstić information content (AvgIpc) is 3.02. The lowest BCUT2D eigenvalue weighted by Crippen LogP contribution is -2.12. The van der Waals surface area contributed by atoms with Crippen LogP contribution in [0.3, 0.4) is 0 Å². The molecule has 1 aliphatic rings. The number of benzene rings is 2. The van der Waals surface area contributed by atoms with Gasteiger partial charge < -0.3 is 11.1 Å². The second-order valence-corrected chi connectivity index (χ2v) is 7.05. The number of para-hydroxylation sites is 1. The fourth-order valence-electron chi connectivity index (χ4n) is 3.68. The number of nitrogens with one attached hydrogen (secondary N) is 1. The number of aromatic nitrogens is 3. The molecule has 5 heteroatoms. The Balaban J connectivity index is 1.60. The van der Waals surface area contributed by atoms with Gasteiger partial charge in [-0.05, 0) is 37.1 Å². The fraction of sp³-hybridized carbons (Fsp3) is 0.182. The molecule has 0 aliphatic heterocycles. The largest absolute Gasteiger partial charge is 0.382 e. The van der Waals surface area contributed by atoms with Crippen molar-refractivity contribution in [1.29, 1.82) is 0 Å². The molecule has 0 spiro atoms. The summed E-state index contributed by atoms with van der Waals surface area (Å²) in [6, 6.07) is 18.5. The normalized spacial score (nSPS) is 14.2. The van der Waals surface area contributed by atoms with Crippen LogP contribution in [0.25, 0.3) is 16.8 Å². The summed E-state index contributed by atoms with van der Waals surface area (Å²) in [4.78, 5) is 9.31. The monoisotopic (exact) mass is 355 g/mol. The first-order chi connectivity index (χ1) is 13.3. The zero-order chi connectivity index (χ0) is 18.2. The molecule has 0 unspecified atom stereocenters. The smallest absolute Gasteiger partial charge is 0.150 e. The van der Waals surface area contributed by atoms with Crippen LogP contribution in [0.4, 0.5) is 17.2 Å². The molecule has 0 bridgehead atoms. The molecule has 0 atom stereocenters. The van der Waals surface area contributed by atoms with Crippen molar-refractivity contribution < 1.29 is 0 Å². The number of imidazole rings is 1. The minimum absolute atomic E-state index is 0.513. The van der Waals surface area contributed by atoms with E-state index in [-0.39, 0.29) is 0 Å². The predicted molar refractivity (Wildman–Crippen MR) is 109 cm³/mol. The lowest BCUT2D eigenvalue weighted by atomic mass is 9.85. The Morgan fingerprint density at radius 2 is 1.81 bits per heavy atom. The predicted octanol–water partition coefficient (Wildman–Crippen LogP) is 4.99. The summed E-state index contributed by atoms with van der Waals surface area (Å²) < 4.78 is 2.12. The summed E-state index contributed by atoms with van der Waals surface area (Å²) >= 11 is 0. The number of rotatable bonds is 4. The molecule has 5 rings (SSSR count). The van der Waals surface area contributed by atoms with Gasteiger partial charge >= 0.3 is 0 Å². The van der Waals surface area contributed by atoms with Crippen LogP contribution in [-0.4, -0.2) is 14.4 Å². The molecule has 2 aromatic heterocycles. The van der Waals surface area contributed by atoms with Crippen LogP contribution in [0.5, 0.6) is 0 Å². The van der Waals surface area contributed by atoms with Gasteiger partial charge in [0.25, 0.3) is 0 Å². The number of fused-ring (bicyclic) bond motifs is 1. The summed E-state index contributed by atoms with van der Waals surface area (Å²) in [6.07, 6.45) is 7.38. The highest BCUT2D eigenvalue weighted by molar-refractivity contribution is 5.86. The molecule has 0 amide bonds. The minimum Gasteiger partial charge on any atom is -0.382 e. The first-order valence-electron chi connectivity index (χ1n) is 9.34. The summed E-state index contributed by atoms with van der Waals surface area (Å²) in [5.41, 5.74) is 11.2. The molecule has 0 radical (unpaired) electrons. The van der Waals surface area contributed by atoms with Crippen molar-refractivity contribution in [2.75, 3.05) is 11.1 Å². The Morgan fingerprint density at radius 1 is 1.00 bits per heavy atom. The molecular weight excluding hydrogens is 334 g/mol. The van der Waals surface area contributed by atoms with Crippen molar-refractivity contribution in [2.45, 2.75) is 25.2 Å². The van der Waals surface area contributed by atoms with E-state index in [1.807, 2.05) is 30.5 Å². The van der Waals surface area contributed by atoms with Gasteiger partial charge in [-0.3, -0.25) is 4.40 Å². The maximum atomic E-state index is 6.24. The molecular formula is C22H21N5. The van der Waals surface area contributed by atoms with E-state index in [4.69, 9.17) is 10.7 Å². The van der Waals surface area contributed by atoms with Gasteiger partial charge in [0.05, 0.1) is 0 Å². The number of hydrogen-bond donors (Lipinski definition) is 2. The van der Waals surface area contributed by atoms with Gasteiger partial charge in [0, 0.05) is 35.2 Å². The lowest BCUT2D eigenvalue weighted by Gasteiger charge is -2.23. The maximum absolute atomic E-state index is 6.24. The molecule has 3 N–H and O–H groups in total. The third-order valence-corrected chi connectivity index (χ3v) is 5.28. The molecule has 4 aromatic rings. The van der Waals surface area contributed by atoms with Crippen molar-refractivity contribution in [3.05, 3.63) is 72.8 Å². The Labute approximate surface area is 157 Å². The standard InChI is InChI=1S/C22H21N5/c23-21-20-19(26-22(15-6-4-7-15)27(20)13-12-24-21)16-8-5-11-18(14-16)25-17-9-2-1-3-10-17/h1-3,5,8-15,25H,4,6-7H2,(H2,23,24). The summed E-state index contributed by atoms with van der Waals surface area (Å²) in [5.74, 6) is 2.13. The molecule has 134 valence electrons. The van der Waals surface area contributed by atoms with E-state index < -0.39 is 0 Å². The van der Waals surface area contributed by atoms with Crippen LogP contribution < -0.4 is 11.1 Å². The van der Waals surface area contributed by atoms with Crippen molar-refractivity contribution in [1.82, 2.24) is 14.4 Å². The highest BCUT2D eigenvalue weighted by Crippen LogP contribution is 2.39. The van der Waals surface area contributed by atoms with E-state index >= 15 is 0 Å². The van der Waals surface area contributed by atoms with Crippen molar-refractivity contribution in [3.8, 4) is 11.3 Å². The van der Waals surface area contributed by atoms with Gasteiger partial charge in [-0.1, -0.05) is 36.8 Å². The number of nitrogens with two attached hydrogens (primary N) is 1. The molecule has 0 saturated heterocycles. The topological polar surface area (TPSA) is 68.2 Å². The summed E-state index contributed by atoms with van der Waals surface area (Å²) in [6.45, 7) is 0. The van der Waals surface area contributed by atoms with Crippen molar-refractivity contribution in [2.24, 2.45) is 0 Å². The summed E-state index contributed by atoms with van der Waals surface area (Å²) in [5, 5.41) is 3.45. The van der Waals surface area contributed by atoms with E-state index in [9.17, 15) is 0 Å². The lowest BCUT2D eigenvalue weighted by molar-refractivity contribution is 0.400. The first-order valence-corrected chi connectivity index (χ1v) is 9.34. The minimum atomic E-state index is 0.513. The molecule has 1 aliphatic carbocycles. The zero-order valence-electron chi connectivity index (χ0n) is 15.0. The highest BCUT2D eigenvalue weighted by Gasteiger charge is 2.26. The van der Waals surface area contributed by atoms with Gasteiger partial charge in [-0.25, -0.2) is 9.97 Å². The van der Waals surface area contributed by atoms with Crippen molar-refractivity contribution in [3.63, 3.8) is 0 Å². The zero-order valence-corrected chi connectivity index (χ0v) is 15.0. The van der Waals surface area contributed by atoms with Crippen LogP contribution in [-0.2, 0) is 0 Å². The van der Waals surface area contributed by atoms with E-state index in [1.54, 1.807) is 6.20 Å². The number of hydrogen-bond acceptors (Lipinski definition) is 4. The van der Waals surface area contributed by atoms with Gasteiger partial charge in [0.2, 0.25) is 0 Å². The average molecular weight is 355 g/mol. The van der Waals surface area contributed by atoms with Crippen LogP contribution in [0, 0.1) is 0 Å². The molecule has 5 nitrogen and oxygen atoms in total. The molecule has 27 heavy (non-hydrogen) atoms. The highest BCUT2D eigenvalue weighted by atomic mass is 15.1. The van der Waals surface area contributed by atoms with Crippen molar-refractivity contribution >= 4 is 22.7 Å². The van der Waals surface area contributed by atoms with Crippen LogP contribution in [0.2, 0.25) is 0 Å². The summed E-state index contributed by atoms with van der Waals surface area (Å²) in [7, 11) is 0. The molecule has 1 fully saturated rings. The van der Waals surface area contributed by atoms with E-state index in [0.29, 0.717) is 11.7 Å². The van der Waals surface area contributed by atoms with Crippen LogP contribution in [0.15, 0.2) is 67.0 Å². The third-order valence-electron chi connectivity index (χ3n) is 5.28. The molecule has 1 saturated carbocycles. The van der Waals surface area contributed by atoms with E-state index in [0.717, 1.165) is 34.0 Å².